The zero-order valence-electron chi connectivity index (χ0n) is 15.5. The number of sulfonamides is 1. The number of carbonyl (C=O) groups is 1. The maximum absolute atomic E-state index is 13.4. The molecule has 2 N–H and O–H groups in total. The minimum Gasteiger partial charge on any atom is -0.478 e. The Morgan fingerprint density at radius 1 is 0.897 bits per heavy atom. The number of benzene rings is 3. The Morgan fingerprint density at radius 3 is 2.28 bits per heavy atom. The van der Waals surface area contributed by atoms with Crippen molar-refractivity contribution in [3.8, 4) is 0 Å². The second-order valence-corrected chi connectivity index (χ2v) is 8.22. The molecule has 3 aromatic carbocycles. The highest BCUT2D eigenvalue weighted by Crippen LogP contribution is 2.23. The molecule has 0 atom stereocenters. The van der Waals surface area contributed by atoms with Gasteiger partial charge in [0.25, 0.3) is 10.0 Å². The van der Waals surface area contributed by atoms with E-state index in [9.17, 15) is 22.7 Å². The van der Waals surface area contributed by atoms with Gasteiger partial charge in [-0.25, -0.2) is 17.6 Å². The van der Waals surface area contributed by atoms with E-state index in [1.165, 1.54) is 18.2 Å². The Bertz CT molecular complexity index is 1130. The molecular weight excluding hydrogens is 393 g/mol. The first kappa shape index (κ1) is 20.5. The number of aromatic carboxylic acids is 1. The van der Waals surface area contributed by atoms with Crippen LogP contribution in [0.5, 0.6) is 0 Å². The van der Waals surface area contributed by atoms with Gasteiger partial charge in [0.2, 0.25) is 0 Å². The molecule has 0 bridgehead atoms. The third-order valence-electron chi connectivity index (χ3n) is 4.51. The van der Waals surface area contributed by atoms with Crippen LogP contribution in [0.2, 0.25) is 0 Å². The SMILES string of the molecule is O=C(O)c1ccccc1CCCc1ccccc1NS(=O)(=O)c1cccc(F)c1. The van der Waals surface area contributed by atoms with Crippen LogP contribution in [0.3, 0.4) is 0 Å². The predicted molar refractivity (Wildman–Crippen MR) is 109 cm³/mol. The summed E-state index contributed by atoms with van der Waals surface area (Å²) in [7, 11) is -3.92. The fraction of sp³-hybridized carbons (Fsp3) is 0.136. The van der Waals surface area contributed by atoms with Crippen LogP contribution in [-0.2, 0) is 22.9 Å². The Morgan fingerprint density at radius 2 is 1.55 bits per heavy atom. The lowest BCUT2D eigenvalue weighted by Gasteiger charge is -2.13. The van der Waals surface area contributed by atoms with Crippen molar-refractivity contribution >= 4 is 21.7 Å². The van der Waals surface area contributed by atoms with Crippen molar-refractivity contribution in [2.24, 2.45) is 0 Å². The standard InChI is InChI=1S/C22H20FNO4S/c23-18-11-6-12-19(15-18)29(27,28)24-21-14-4-2-8-17(21)10-5-9-16-7-1-3-13-20(16)22(25)26/h1-4,6-8,11-15,24H,5,9-10H2,(H,25,26). The van der Waals surface area contributed by atoms with Crippen LogP contribution in [0.4, 0.5) is 10.1 Å². The number of carboxylic acids is 1. The third kappa shape index (κ3) is 5.20. The fourth-order valence-electron chi connectivity index (χ4n) is 3.09. The van der Waals surface area contributed by atoms with Crippen LogP contribution in [0.1, 0.15) is 27.9 Å². The Hall–Kier alpha value is -3.19. The second-order valence-electron chi connectivity index (χ2n) is 6.54. The van der Waals surface area contributed by atoms with E-state index in [-0.39, 0.29) is 10.5 Å². The number of para-hydroxylation sites is 1. The van der Waals surface area contributed by atoms with E-state index in [1.54, 1.807) is 42.5 Å². The average Bonchev–Trinajstić information content (AvgIpc) is 2.69. The minimum absolute atomic E-state index is 0.150. The molecule has 0 spiro atoms. The van der Waals surface area contributed by atoms with Gasteiger partial charge in [0.15, 0.2) is 0 Å². The molecule has 3 rings (SSSR count). The summed E-state index contributed by atoms with van der Waals surface area (Å²) in [6, 6.07) is 18.6. The number of carboxylic acid groups (broad SMARTS) is 1. The molecule has 0 saturated heterocycles. The van der Waals surface area contributed by atoms with Gasteiger partial charge in [-0.2, -0.15) is 0 Å². The predicted octanol–water partition coefficient (Wildman–Crippen LogP) is 4.50. The van der Waals surface area contributed by atoms with Gasteiger partial charge in [0, 0.05) is 0 Å². The first-order valence-corrected chi connectivity index (χ1v) is 10.5. The lowest BCUT2D eigenvalue weighted by Crippen LogP contribution is -2.14. The van der Waals surface area contributed by atoms with Gasteiger partial charge in [0.05, 0.1) is 16.1 Å². The quantitative estimate of drug-likeness (QED) is 0.570. The first-order valence-electron chi connectivity index (χ1n) is 9.04. The van der Waals surface area contributed by atoms with Crippen LogP contribution in [0.15, 0.2) is 77.7 Å². The number of aryl methyl sites for hydroxylation is 2. The van der Waals surface area contributed by atoms with E-state index in [0.29, 0.717) is 24.9 Å². The van der Waals surface area contributed by atoms with Gasteiger partial charge < -0.3 is 5.11 Å². The Labute approximate surface area is 168 Å². The summed E-state index contributed by atoms with van der Waals surface area (Å²) in [6.07, 6.45) is 1.74. The average molecular weight is 413 g/mol. The minimum atomic E-state index is -3.92. The number of hydrogen-bond acceptors (Lipinski definition) is 3. The van der Waals surface area contributed by atoms with Gasteiger partial charge in [0.1, 0.15) is 5.82 Å². The molecule has 0 aliphatic carbocycles. The first-order chi connectivity index (χ1) is 13.9. The van der Waals surface area contributed by atoms with E-state index in [2.05, 4.69) is 4.72 Å². The summed E-state index contributed by atoms with van der Waals surface area (Å²) in [5.74, 6) is -1.60. The molecule has 5 nitrogen and oxygen atoms in total. The van der Waals surface area contributed by atoms with Crippen molar-refractivity contribution in [1.82, 2.24) is 0 Å². The molecule has 0 aliphatic rings. The Kier molecular flexibility index (Phi) is 6.29. The number of anilines is 1. The Balaban J connectivity index is 1.74. The highest BCUT2D eigenvalue weighted by atomic mass is 32.2. The molecule has 3 aromatic rings. The summed E-state index contributed by atoms with van der Waals surface area (Å²) < 4.78 is 41.1. The summed E-state index contributed by atoms with van der Waals surface area (Å²) in [6.45, 7) is 0. The summed E-state index contributed by atoms with van der Waals surface area (Å²) >= 11 is 0. The highest BCUT2D eigenvalue weighted by molar-refractivity contribution is 7.92. The topological polar surface area (TPSA) is 83.5 Å². The number of halogens is 1. The van der Waals surface area contributed by atoms with Gasteiger partial charge in [-0.3, -0.25) is 4.72 Å². The molecular formula is C22H20FNO4S. The molecule has 0 amide bonds. The van der Waals surface area contributed by atoms with Gasteiger partial charge in [-0.15, -0.1) is 0 Å². The van der Waals surface area contributed by atoms with Crippen LogP contribution in [0.25, 0.3) is 0 Å². The third-order valence-corrected chi connectivity index (χ3v) is 5.87. The molecule has 0 fully saturated rings. The van der Waals surface area contributed by atoms with Gasteiger partial charge >= 0.3 is 5.97 Å². The van der Waals surface area contributed by atoms with Crippen LogP contribution >= 0.6 is 0 Å². The van der Waals surface area contributed by atoms with Gasteiger partial charge in [-0.05, 0) is 60.7 Å². The summed E-state index contributed by atoms with van der Waals surface area (Å²) in [5.41, 5.74) is 2.20. The normalized spacial score (nSPS) is 11.2. The van der Waals surface area contributed by atoms with Crippen molar-refractivity contribution in [3.05, 3.63) is 95.3 Å². The fourth-order valence-corrected chi connectivity index (χ4v) is 4.22. The van der Waals surface area contributed by atoms with Crippen LogP contribution in [0, 0.1) is 5.82 Å². The molecule has 0 heterocycles. The van der Waals surface area contributed by atoms with E-state index in [4.69, 9.17) is 0 Å². The zero-order chi connectivity index (χ0) is 20.9. The molecule has 0 aliphatic heterocycles. The number of nitrogens with one attached hydrogen (secondary N) is 1. The molecule has 29 heavy (non-hydrogen) atoms. The van der Waals surface area contributed by atoms with E-state index >= 15 is 0 Å². The number of hydrogen-bond donors (Lipinski definition) is 2. The monoisotopic (exact) mass is 413 g/mol. The molecule has 0 aromatic heterocycles. The van der Waals surface area contributed by atoms with E-state index < -0.39 is 21.8 Å². The summed E-state index contributed by atoms with van der Waals surface area (Å²) in [4.78, 5) is 11.2. The molecule has 0 unspecified atom stereocenters. The lowest BCUT2D eigenvalue weighted by atomic mass is 9.99. The molecule has 150 valence electrons. The van der Waals surface area contributed by atoms with Crippen LogP contribution < -0.4 is 4.72 Å². The maximum Gasteiger partial charge on any atom is 0.335 e. The maximum atomic E-state index is 13.4. The van der Waals surface area contributed by atoms with E-state index in [0.717, 1.165) is 17.2 Å². The molecule has 0 radical (unpaired) electrons. The highest BCUT2D eigenvalue weighted by Gasteiger charge is 2.16. The molecule has 0 saturated carbocycles. The van der Waals surface area contributed by atoms with Crippen molar-refractivity contribution in [3.63, 3.8) is 0 Å². The van der Waals surface area contributed by atoms with Crippen molar-refractivity contribution in [2.45, 2.75) is 24.2 Å². The van der Waals surface area contributed by atoms with Crippen molar-refractivity contribution < 1.29 is 22.7 Å². The second kappa shape index (κ2) is 8.87. The van der Waals surface area contributed by atoms with Crippen molar-refractivity contribution in [2.75, 3.05) is 4.72 Å². The van der Waals surface area contributed by atoms with E-state index in [1.807, 2.05) is 6.07 Å². The van der Waals surface area contributed by atoms with Gasteiger partial charge in [-0.1, -0.05) is 42.5 Å². The van der Waals surface area contributed by atoms with Crippen LogP contribution in [-0.4, -0.2) is 19.5 Å². The molecule has 7 heteroatoms. The summed E-state index contributed by atoms with van der Waals surface area (Å²) in [5, 5.41) is 9.28. The van der Waals surface area contributed by atoms with Crippen molar-refractivity contribution in [1.29, 1.82) is 0 Å². The number of rotatable bonds is 8. The zero-order valence-corrected chi connectivity index (χ0v) is 16.3. The smallest absolute Gasteiger partial charge is 0.335 e. The largest absolute Gasteiger partial charge is 0.478 e. The lowest BCUT2D eigenvalue weighted by molar-refractivity contribution is 0.0695.